The number of benzene rings is 1. The molecule has 0 aromatic heterocycles. The minimum Gasteiger partial charge on any atom is -0.480 e. The van der Waals surface area contributed by atoms with E-state index in [0.717, 1.165) is 18.7 Å². The van der Waals surface area contributed by atoms with Crippen molar-refractivity contribution in [2.45, 2.75) is 46.6 Å². The highest BCUT2D eigenvalue weighted by Crippen LogP contribution is 2.22. The highest BCUT2D eigenvalue weighted by Gasteiger charge is 2.23. The predicted molar refractivity (Wildman–Crippen MR) is 75.3 cm³/mol. The molecule has 0 heterocycles. The van der Waals surface area contributed by atoms with Crippen molar-refractivity contribution < 1.29 is 9.90 Å². The number of hydrogen-bond acceptors (Lipinski definition) is 2. The second-order valence-electron chi connectivity index (χ2n) is 4.80. The van der Waals surface area contributed by atoms with Crippen LogP contribution in [0.3, 0.4) is 0 Å². The lowest BCUT2D eigenvalue weighted by atomic mass is 10.1. The summed E-state index contributed by atoms with van der Waals surface area (Å²) in [5, 5.41) is 9.33. The van der Waals surface area contributed by atoms with Gasteiger partial charge in [0.2, 0.25) is 0 Å². The maximum Gasteiger partial charge on any atom is 0.326 e. The third kappa shape index (κ3) is 3.49. The number of nitrogens with zero attached hydrogens (tertiary/aromatic N) is 1. The number of hydrogen-bond donors (Lipinski definition) is 1. The van der Waals surface area contributed by atoms with Crippen LogP contribution >= 0.6 is 0 Å². The zero-order valence-electron chi connectivity index (χ0n) is 11.7. The lowest BCUT2D eigenvalue weighted by Crippen LogP contribution is -2.41. The molecule has 0 aliphatic carbocycles. The fourth-order valence-corrected chi connectivity index (χ4v) is 2.35. The van der Waals surface area contributed by atoms with Crippen LogP contribution in [0.4, 0.5) is 5.69 Å². The first-order valence-electron chi connectivity index (χ1n) is 6.57. The van der Waals surface area contributed by atoms with E-state index in [0.29, 0.717) is 6.42 Å². The van der Waals surface area contributed by atoms with Crippen molar-refractivity contribution in [2.75, 3.05) is 11.4 Å². The average Bonchev–Trinajstić information content (AvgIpc) is 2.27. The fourth-order valence-electron chi connectivity index (χ4n) is 2.35. The Morgan fingerprint density at radius 2 is 1.78 bits per heavy atom. The summed E-state index contributed by atoms with van der Waals surface area (Å²) in [4.78, 5) is 13.4. The van der Waals surface area contributed by atoms with Gasteiger partial charge in [0.25, 0.3) is 0 Å². The molecule has 0 amide bonds. The molecule has 0 radical (unpaired) electrons. The van der Waals surface area contributed by atoms with Crippen molar-refractivity contribution >= 4 is 11.7 Å². The van der Waals surface area contributed by atoms with Crippen molar-refractivity contribution in [1.82, 2.24) is 0 Å². The average molecular weight is 249 g/mol. The lowest BCUT2D eigenvalue weighted by molar-refractivity contribution is -0.138. The number of rotatable bonds is 6. The van der Waals surface area contributed by atoms with Gasteiger partial charge in [0, 0.05) is 12.2 Å². The second kappa shape index (κ2) is 6.43. The van der Waals surface area contributed by atoms with E-state index in [4.69, 9.17) is 0 Å². The van der Waals surface area contributed by atoms with Crippen molar-refractivity contribution in [3.63, 3.8) is 0 Å². The van der Waals surface area contributed by atoms with Gasteiger partial charge in [0.05, 0.1) is 0 Å². The first-order valence-corrected chi connectivity index (χ1v) is 6.57. The van der Waals surface area contributed by atoms with Crippen LogP contribution in [0.5, 0.6) is 0 Å². The highest BCUT2D eigenvalue weighted by atomic mass is 16.4. The van der Waals surface area contributed by atoms with Crippen LogP contribution in [0, 0.1) is 13.8 Å². The molecule has 1 rings (SSSR count). The Balaban J connectivity index is 3.13. The summed E-state index contributed by atoms with van der Waals surface area (Å²) in [5.74, 6) is -0.745. The van der Waals surface area contributed by atoms with Gasteiger partial charge in [0.1, 0.15) is 6.04 Å². The molecule has 0 aliphatic heterocycles. The molecule has 0 unspecified atom stereocenters. The molecule has 0 saturated carbocycles. The van der Waals surface area contributed by atoms with Gasteiger partial charge < -0.3 is 10.0 Å². The number of carboxylic acid groups (broad SMARTS) is 1. The molecule has 0 spiro atoms. The van der Waals surface area contributed by atoms with E-state index in [9.17, 15) is 9.90 Å². The zero-order chi connectivity index (χ0) is 13.7. The maximum atomic E-state index is 11.3. The quantitative estimate of drug-likeness (QED) is 0.840. The number of carboxylic acids is 1. The topological polar surface area (TPSA) is 40.5 Å². The second-order valence-corrected chi connectivity index (χ2v) is 4.80. The summed E-state index contributed by atoms with van der Waals surface area (Å²) < 4.78 is 0. The molecule has 1 aromatic rings. The highest BCUT2D eigenvalue weighted by molar-refractivity contribution is 5.78. The largest absolute Gasteiger partial charge is 0.480 e. The van der Waals surface area contributed by atoms with Crippen LogP contribution in [-0.4, -0.2) is 23.7 Å². The zero-order valence-corrected chi connectivity index (χ0v) is 11.7. The van der Waals surface area contributed by atoms with Crippen molar-refractivity contribution in [2.24, 2.45) is 0 Å². The molecule has 3 heteroatoms. The molecule has 1 atom stereocenters. The van der Waals surface area contributed by atoms with Gasteiger partial charge in [0.15, 0.2) is 0 Å². The summed E-state index contributed by atoms with van der Waals surface area (Å²) in [6.45, 7) is 8.85. The third-order valence-electron chi connectivity index (χ3n) is 3.05. The minimum atomic E-state index is -0.745. The summed E-state index contributed by atoms with van der Waals surface area (Å²) in [5.41, 5.74) is 3.36. The predicted octanol–water partition coefficient (Wildman–Crippen LogP) is 3.38. The molecule has 0 fully saturated rings. The molecule has 1 N–H and O–H groups in total. The Labute approximate surface area is 109 Å². The molecular weight excluding hydrogens is 226 g/mol. The Morgan fingerprint density at radius 1 is 1.22 bits per heavy atom. The summed E-state index contributed by atoms with van der Waals surface area (Å²) >= 11 is 0. The molecule has 1 aromatic carbocycles. The number of carbonyl (C=O) groups is 1. The lowest BCUT2D eigenvalue weighted by Gasteiger charge is -2.30. The van der Waals surface area contributed by atoms with Crippen molar-refractivity contribution in [1.29, 1.82) is 0 Å². The Hall–Kier alpha value is -1.51. The van der Waals surface area contributed by atoms with Gasteiger partial charge in [-0.05, 0) is 49.9 Å². The number of aryl methyl sites for hydroxylation is 2. The van der Waals surface area contributed by atoms with E-state index in [1.807, 2.05) is 25.7 Å². The Kier molecular flexibility index (Phi) is 5.20. The van der Waals surface area contributed by atoms with Crippen LogP contribution in [0.2, 0.25) is 0 Å². The summed E-state index contributed by atoms with van der Waals surface area (Å²) in [6.07, 6.45) is 1.55. The van der Waals surface area contributed by atoms with Gasteiger partial charge in [-0.25, -0.2) is 4.79 Å². The summed E-state index contributed by atoms with van der Waals surface area (Å²) in [6, 6.07) is 5.80. The van der Waals surface area contributed by atoms with Crippen LogP contribution in [0.25, 0.3) is 0 Å². The molecule has 0 bridgehead atoms. The van der Waals surface area contributed by atoms with Crippen LogP contribution < -0.4 is 4.90 Å². The normalized spacial score (nSPS) is 12.2. The molecule has 0 saturated heterocycles. The Morgan fingerprint density at radius 3 is 2.17 bits per heavy atom. The van der Waals surface area contributed by atoms with Crippen LogP contribution in [0.1, 0.15) is 37.8 Å². The number of anilines is 1. The Bertz CT molecular complexity index is 395. The third-order valence-corrected chi connectivity index (χ3v) is 3.05. The van der Waals surface area contributed by atoms with Gasteiger partial charge in [-0.1, -0.05) is 19.9 Å². The van der Waals surface area contributed by atoms with Crippen molar-refractivity contribution in [3.05, 3.63) is 29.3 Å². The van der Waals surface area contributed by atoms with E-state index in [1.165, 1.54) is 11.1 Å². The van der Waals surface area contributed by atoms with E-state index >= 15 is 0 Å². The molecule has 100 valence electrons. The standard InChI is InChI=1S/C15H23NO2/c1-5-7-16(14(6-2)15(17)18)13-9-11(3)8-12(4)10-13/h8-10,14H,5-7H2,1-4H3,(H,17,18)/t14-/m1/s1. The number of aliphatic carboxylic acids is 1. The van der Waals surface area contributed by atoms with E-state index in [2.05, 4.69) is 25.1 Å². The van der Waals surface area contributed by atoms with Crippen molar-refractivity contribution in [3.8, 4) is 0 Å². The molecule has 0 aliphatic rings. The minimum absolute atomic E-state index is 0.439. The van der Waals surface area contributed by atoms with E-state index in [1.54, 1.807) is 0 Å². The molecule has 3 nitrogen and oxygen atoms in total. The van der Waals surface area contributed by atoms with Crippen LogP contribution in [0.15, 0.2) is 18.2 Å². The van der Waals surface area contributed by atoms with E-state index in [-0.39, 0.29) is 0 Å². The van der Waals surface area contributed by atoms with Gasteiger partial charge in [-0.3, -0.25) is 0 Å². The first kappa shape index (κ1) is 14.6. The molecule has 18 heavy (non-hydrogen) atoms. The SMILES string of the molecule is CCCN(c1cc(C)cc(C)c1)[C@H](CC)C(=O)O. The van der Waals surface area contributed by atoms with Gasteiger partial charge in [-0.2, -0.15) is 0 Å². The summed E-state index contributed by atoms with van der Waals surface area (Å²) in [7, 11) is 0. The monoisotopic (exact) mass is 249 g/mol. The van der Waals surface area contributed by atoms with Crippen LogP contribution in [-0.2, 0) is 4.79 Å². The molecular formula is C15H23NO2. The van der Waals surface area contributed by atoms with E-state index < -0.39 is 12.0 Å². The first-order chi connectivity index (χ1) is 8.49. The smallest absolute Gasteiger partial charge is 0.326 e. The fraction of sp³-hybridized carbons (Fsp3) is 0.533. The van der Waals surface area contributed by atoms with Gasteiger partial charge >= 0.3 is 5.97 Å². The maximum absolute atomic E-state index is 11.3. The van der Waals surface area contributed by atoms with Gasteiger partial charge in [-0.15, -0.1) is 0 Å².